The number of rotatable bonds is 0. The summed E-state index contributed by atoms with van der Waals surface area (Å²) < 4.78 is 14.4. The molecule has 0 saturated heterocycles. The van der Waals surface area contributed by atoms with Crippen LogP contribution in [0.15, 0.2) is 24.0 Å². The van der Waals surface area contributed by atoms with Gasteiger partial charge >= 0.3 is 0 Å². The van der Waals surface area contributed by atoms with E-state index in [0.717, 1.165) is 12.8 Å². The zero-order valence-corrected chi connectivity index (χ0v) is 14.0. The number of alkyl halides is 1. The third-order valence-electron chi connectivity index (χ3n) is 7.82. The van der Waals surface area contributed by atoms with E-state index in [0.29, 0.717) is 24.5 Å². The first-order valence-electron chi connectivity index (χ1n) is 8.95. The van der Waals surface area contributed by atoms with Gasteiger partial charge in [0, 0.05) is 12.0 Å². The van der Waals surface area contributed by atoms with Gasteiger partial charge in [-0.1, -0.05) is 26.0 Å². The summed E-state index contributed by atoms with van der Waals surface area (Å²) in [7, 11) is 0. The summed E-state index contributed by atoms with van der Waals surface area (Å²) in [4.78, 5) is 0. The van der Waals surface area contributed by atoms with E-state index >= 15 is 0 Å². The number of allylic oxidation sites excluding steroid dienone is 3. The van der Waals surface area contributed by atoms with Crippen molar-refractivity contribution in [2.45, 2.75) is 57.8 Å². The van der Waals surface area contributed by atoms with Crippen molar-refractivity contribution in [2.75, 3.05) is 0 Å². The molecule has 2 fully saturated rings. The van der Waals surface area contributed by atoms with Gasteiger partial charge in [0.05, 0.1) is 11.9 Å². The fourth-order valence-electron chi connectivity index (χ4n) is 6.26. The SMILES string of the molecule is C[C@]12CC[C@H]3[C@@H](C(O)=CC4C[C@@H](O)C=C[C@@]43C)[C@@H]1C[C@H](F)[C@H]2N. The van der Waals surface area contributed by atoms with Crippen molar-refractivity contribution in [3.05, 3.63) is 24.0 Å². The second-order valence-electron chi connectivity index (χ2n) is 8.79. The Bertz CT molecular complexity index is 576. The molecule has 0 bridgehead atoms. The molecule has 128 valence electrons. The summed E-state index contributed by atoms with van der Waals surface area (Å²) in [6.07, 6.45) is 7.60. The van der Waals surface area contributed by atoms with Crippen LogP contribution in [0, 0.1) is 34.5 Å². The van der Waals surface area contributed by atoms with Gasteiger partial charge in [-0.15, -0.1) is 0 Å². The van der Waals surface area contributed by atoms with E-state index in [1.807, 2.05) is 12.2 Å². The minimum Gasteiger partial charge on any atom is -0.512 e. The quantitative estimate of drug-likeness (QED) is 0.601. The molecule has 9 atom stereocenters. The Hall–Kier alpha value is -0.870. The molecule has 1 unspecified atom stereocenters. The van der Waals surface area contributed by atoms with Crippen molar-refractivity contribution >= 4 is 0 Å². The molecule has 0 radical (unpaired) electrons. The molecule has 4 rings (SSSR count). The summed E-state index contributed by atoms with van der Waals surface area (Å²) >= 11 is 0. The Morgan fingerprint density at radius 1 is 1.26 bits per heavy atom. The van der Waals surface area contributed by atoms with E-state index in [2.05, 4.69) is 19.9 Å². The average molecular weight is 321 g/mol. The van der Waals surface area contributed by atoms with Crippen LogP contribution >= 0.6 is 0 Å². The normalized spacial score (nSPS) is 58.1. The third-order valence-corrected chi connectivity index (χ3v) is 7.82. The summed E-state index contributed by atoms with van der Waals surface area (Å²) in [5.41, 5.74) is 5.92. The van der Waals surface area contributed by atoms with Crippen LogP contribution in [0.4, 0.5) is 4.39 Å². The summed E-state index contributed by atoms with van der Waals surface area (Å²) in [6.45, 7) is 4.35. The van der Waals surface area contributed by atoms with Gasteiger partial charge in [0.2, 0.25) is 0 Å². The topological polar surface area (TPSA) is 66.5 Å². The number of nitrogens with two attached hydrogens (primary N) is 1. The minimum atomic E-state index is -0.967. The lowest BCUT2D eigenvalue weighted by molar-refractivity contribution is -0.0469. The van der Waals surface area contributed by atoms with Gasteiger partial charge in [-0.25, -0.2) is 4.39 Å². The highest BCUT2D eigenvalue weighted by atomic mass is 19.1. The standard InChI is InChI=1S/C19H28FNO2/c1-18-5-3-11(22)7-10(18)8-15(23)16-12(18)4-6-19(2)13(16)9-14(20)17(19)21/h3,5,8,10-14,16-17,22-23H,4,6-7,9,21H2,1-2H3/t10?,11-,12-,13-,14-,16+,17+,18-,19-/m0/s1. The molecule has 0 aromatic carbocycles. The molecule has 2 saturated carbocycles. The van der Waals surface area contributed by atoms with E-state index in [4.69, 9.17) is 5.73 Å². The molecule has 0 spiro atoms. The van der Waals surface area contributed by atoms with Crippen LogP contribution in [0.5, 0.6) is 0 Å². The lowest BCUT2D eigenvalue weighted by atomic mass is 9.48. The smallest absolute Gasteiger partial charge is 0.116 e. The van der Waals surface area contributed by atoms with Crippen molar-refractivity contribution in [2.24, 2.45) is 40.2 Å². The molecule has 0 aliphatic heterocycles. The second kappa shape index (κ2) is 4.82. The largest absolute Gasteiger partial charge is 0.512 e. The van der Waals surface area contributed by atoms with E-state index in [1.165, 1.54) is 0 Å². The van der Waals surface area contributed by atoms with Crippen molar-refractivity contribution in [1.29, 1.82) is 0 Å². The summed E-state index contributed by atoms with van der Waals surface area (Å²) in [5, 5.41) is 20.7. The number of aliphatic hydroxyl groups is 2. The predicted octanol–water partition coefficient (Wildman–Crippen LogP) is 3.10. The zero-order chi connectivity index (χ0) is 16.6. The maximum atomic E-state index is 14.4. The van der Waals surface area contributed by atoms with Crippen molar-refractivity contribution in [1.82, 2.24) is 0 Å². The molecule has 4 heteroatoms. The Labute approximate surface area is 137 Å². The highest BCUT2D eigenvalue weighted by Crippen LogP contribution is 2.64. The van der Waals surface area contributed by atoms with E-state index < -0.39 is 18.3 Å². The fourth-order valence-corrected chi connectivity index (χ4v) is 6.26. The number of hydrogen-bond donors (Lipinski definition) is 3. The number of aliphatic hydroxyl groups excluding tert-OH is 2. The molecule has 0 aromatic heterocycles. The van der Waals surface area contributed by atoms with Crippen LogP contribution in [0.2, 0.25) is 0 Å². The average Bonchev–Trinajstić information content (AvgIpc) is 2.73. The van der Waals surface area contributed by atoms with E-state index in [9.17, 15) is 14.6 Å². The molecule has 4 aliphatic rings. The number of fused-ring (bicyclic) bond motifs is 5. The number of halogens is 1. The van der Waals surface area contributed by atoms with Crippen molar-refractivity contribution in [3.8, 4) is 0 Å². The molecule has 0 heterocycles. The van der Waals surface area contributed by atoms with E-state index in [-0.39, 0.29) is 28.6 Å². The van der Waals surface area contributed by atoms with E-state index in [1.54, 1.807) is 0 Å². The Balaban J connectivity index is 1.76. The monoisotopic (exact) mass is 321 g/mol. The molecule has 23 heavy (non-hydrogen) atoms. The highest BCUT2D eigenvalue weighted by molar-refractivity contribution is 5.27. The first kappa shape index (κ1) is 15.6. The molecular formula is C19H28FNO2. The first-order chi connectivity index (χ1) is 10.8. The molecule has 0 aromatic rings. The highest BCUT2D eigenvalue weighted by Gasteiger charge is 2.62. The zero-order valence-electron chi connectivity index (χ0n) is 14.0. The molecule has 4 aliphatic carbocycles. The van der Waals surface area contributed by atoms with Gasteiger partial charge in [-0.3, -0.25) is 0 Å². The molecule has 0 amide bonds. The molecule has 4 N–H and O–H groups in total. The van der Waals surface area contributed by atoms with Crippen LogP contribution in [-0.2, 0) is 0 Å². The summed E-state index contributed by atoms with van der Waals surface area (Å²) in [5.74, 6) is 0.987. The van der Waals surface area contributed by atoms with Gasteiger partial charge in [0.15, 0.2) is 0 Å². The van der Waals surface area contributed by atoms with Gasteiger partial charge < -0.3 is 15.9 Å². The molecular weight excluding hydrogens is 293 g/mol. The first-order valence-corrected chi connectivity index (χ1v) is 8.95. The van der Waals surface area contributed by atoms with Crippen LogP contribution in [0.25, 0.3) is 0 Å². The van der Waals surface area contributed by atoms with Crippen LogP contribution in [0.1, 0.15) is 39.5 Å². The van der Waals surface area contributed by atoms with Gasteiger partial charge in [0.1, 0.15) is 6.17 Å². The van der Waals surface area contributed by atoms with Crippen LogP contribution in [0.3, 0.4) is 0 Å². The minimum absolute atomic E-state index is 0.00157. The Morgan fingerprint density at radius 3 is 2.74 bits per heavy atom. The number of hydrogen-bond acceptors (Lipinski definition) is 3. The van der Waals surface area contributed by atoms with Gasteiger partial charge in [-0.05, 0) is 60.3 Å². The lowest BCUT2D eigenvalue weighted by Crippen LogP contribution is -2.54. The van der Waals surface area contributed by atoms with Gasteiger partial charge in [0.25, 0.3) is 0 Å². The lowest BCUT2D eigenvalue weighted by Gasteiger charge is -2.57. The summed E-state index contributed by atoms with van der Waals surface area (Å²) in [6, 6.07) is -0.421. The Morgan fingerprint density at radius 2 is 2.00 bits per heavy atom. The maximum absolute atomic E-state index is 14.4. The molecule has 3 nitrogen and oxygen atoms in total. The predicted molar refractivity (Wildman–Crippen MR) is 87.4 cm³/mol. The second-order valence-corrected chi connectivity index (χ2v) is 8.79. The third kappa shape index (κ3) is 1.94. The van der Waals surface area contributed by atoms with Gasteiger partial charge in [-0.2, -0.15) is 0 Å². The van der Waals surface area contributed by atoms with Crippen molar-refractivity contribution < 1.29 is 14.6 Å². The van der Waals surface area contributed by atoms with Crippen LogP contribution in [-0.4, -0.2) is 28.5 Å². The van der Waals surface area contributed by atoms with Crippen LogP contribution < -0.4 is 5.73 Å². The van der Waals surface area contributed by atoms with Crippen molar-refractivity contribution in [3.63, 3.8) is 0 Å². The Kier molecular flexibility index (Phi) is 3.28. The fraction of sp³-hybridized carbons (Fsp3) is 0.789. The maximum Gasteiger partial charge on any atom is 0.116 e.